The molecule has 2 heterocycles. The number of hydrogen-bond donors (Lipinski definition) is 2. The van der Waals surface area contributed by atoms with Crippen LogP contribution < -0.4 is 11.1 Å². The Morgan fingerprint density at radius 2 is 2.29 bits per heavy atom. The van der Waals surface area contributed by atoms with E-state index in [2.05, 4.69) is 20.5 Å². The standard InChI is InChI=1S/C11H16N6/c1-8-5-9(12)6-14-11(8)13-4-3-10-16-15-7-17(10)2/h5-7H,3-4,12H2,1-2H3,(H,13,14). The average molecular weight is 232 g/mol. The van der Waals surface area contributed by atoms with Crippen molar-refractivity contribution in [1.29, 1.82) is 0 Å². The third-order valence-corrected chi connectivity index (χ3v) is 2.55. The van der Waals surface area contributed by atoms with Gasteiger partial charge in [0.25, 0.3) is 0 Å². The van der Waals surface area contributed by atoms with Crippen LogP contribution in [0.2, 0.25) is 0 Å². The van der Waals surface area contributed by atoms with Gasteiger partial charge in [-0.05, 0) is 18.6 Å². The fraction of sp³-hybridized carbons (Fsp3) is 0.364. The highest BCUT2D eigenvalue weighted by Gasteiger charge is 2.02. The molecular formula is C11H16N6. The minimum absolute atomic E-state index is 0.682. The number of nitrogen functional groups attached to an aromatic ring is 1. The highest BCUT2D eigenvalue weighted by atomic mass is 15.2. The van der Waals surface area contributed by atoms with E-state index < -0.39 is 0 Å². The van der Waals surface area contributed by atoms with Gasteiger partial charge >= 0.3 is 0 Å². The molecule has 2 rings (SSSR count). The lowest BCUT2D eigenvalue weighted by molar-refractivity contribution is 0.787. The molecule has 90 valence electrons. The van der Waals surface area contributed by atoms with Crippen LogP contribution in [0.15, 0.2) is 18.6 Å². The first-order valence-corrected chi connectivity index (χ1v) is 5.45. The summed E-state index contributed by atoms with van der Waals surface area (Å²) in [6.07, 6.45) is 4.15. The number of nitrogens with one attached hydrogen (secondary N) is 1. The molecule has 0 aliphatic heterocycles. The van der Waals surface area contributed by atoms with Crippen molar-refractivity contribution < 1.29 is 0 Å². The Morgan fingerprint density at radius 1 is 1.47 bits per heavy atom. The van der Waals surface area contributed by atoms with E-state index in [4.69, 9.17) is 5.73 Å². The van der Waals surface area contributed by atoms with Crippen LogP contribution in [0.3, 0.4) is 0 Å². The predicted octanol–water partition coefficient (Wildman–Crippen LogP) is 0.755. The first-order chi connectivity index (χ1) is 8.16. The van der Waals surface area contributed by atoms with E-state index in [0.29, 0.717) is 5.69 Å². The summed E-state index contributed by atoms with van der Waals surface area (Å²) in [6, 6.07) is 1.90. The fourth-order valence-corrected chi connectivity index (χ4v) is 1.61. The number of hydrogen-bond acceptors (Lipinski definition) is 5. The molecule has 0 aliphatic rings. The molecule has 6 nitrogen and oxygen atoms in total. The zero-order valence-electron chi connectivity index (χ0n) is 10.0. The maximum atomic E-state index is 5.64. The van der Waals surface area contributed by atoms with Crippen LogP contribution in [0, 0.1) is 6.92 Å². The van der Waals surface area contributed by atoms with Crippen molar-refractivity contribution in [2.75, 3.05) is 17.6 Å². The van der Waals surface area contributed by atoms with Crippen molar-refractivity contribution in [2.45, 2.75) is 13.3 Å². The molecule has 0 atom stereocenters. The molecule has 0 saturated carbocycles. The Bertz CT molecular complexity index is 504. The van der Waals surface area contributed by atoms with Crippen molar-refractivity contribution in [3.05, 3.63) is 30.0 Å². The Balaban J connectivity index is 1.92. The van der Waals surface area contributed by atoms with Gasteiger partial charge in [-0.25, -0.2) is 4.98 Å². The first-order valence-electron chi connectivity index (χ1n) is 5.45. The summed E-state index contributed by atoms with van der Waals surface area (Å²) in [6.45, 7) is 2.75. The Kier molecular flexibility index (Phi) is 3.22. The van der Waals surface area contributed by atoms with Gasteiger partial charge in [-0.3, -0.25) is 0 Å². The molecule has 0 saturated heterocycles. The molecule has 0 spiro atoms. The molecule has 17 heavy (non-hydrogen) atoms. The third-order valence-electron chi connectivity index (χ3n) is 2.55. The van der Waals surface area contributed by atoms with E-state index in [-0.39, 0.29) is 0 Å². The van der Waals surface area contributed by atoms with Crippen LogP contribution >= 0.6 is 0 Å². The SMILES string of the molecule is Cc1cc(N)cnc1NCCc1nncn1C. The number of rotatable bonds is 4. The van der Waals surface area contributed by atoms with Crippen LogP contribution in [0.1, 0.15) is 11.4 Å². The van der Waals surface area contributed by atoms with Gasteiger partial charge in [0.1, 0.15) is 18.0 Å². The number of anilines is 2. The molecule has 3 N–H and O–H groups in total. The molecular weight excluding hydrogens is 216 g/mol. The maximum absolute atomic E-state index is 5.64. The van der Waals surface area contributed by atoms with Crippen molar-refractivity contribution in [1.82, 2.24) is 19.7 Å². The number of nitrogens with two attached hydrogens (primary N) is 1. The van der Waals surface area contributed by atoms with Crippen LogP contribution in [-0.2, 0) is 13.5 Å². The third kappa shape index (κ3) is 2.72. The highest BCUT2D eigenvalue weighted by Crippen LogP contribution is 2.13. The Hall–Kier alpha value is -2.11. The normalized spacial score (nSPS) is 10.5. The average Bonchev–Trinajstić information content (AvgIpc) is 2.68. The molecule has 2 aromatic rings. The van der Waals surface area contributed by atoms with E-state index in [0.717, 1.165) is 30.2 Å². The number of aromatic nitrogens is 4. The lowest BCUT2D eigenvalue weighted by Gasteiger charge is -2.08. The topological polar surface area (TPSA) is 81.7 Å². The second kappa shape index (κ2) is 4.82. The zero-order valence-corrected chi connectivity index (χ0v) is 10.0. The van der Waals surface area contributed by atoms with Gasteiger partial charge in [-0.15, -0.1) is 10.2 Å². The second-order valence-electron chi connectivity index (χ2n) is 3.97. The van der Waals surface area contributed by atoms with E-state index >= 15 is 0 Å². The lowest BCUT2D eigenvalue weighted by Crippen LogP contribution is -2.10. The molecule has 0 unspecified atom stereocenters. The molecule has 2 aromatic heterocycles. The second-order valence-corrected chi connectivity index (χ2v) is 3.97. The molecule has 0 radical (unpaired) electrons. The molecule has 0 amide bonds. The minimum Gasteiger partial charge on any atom is -0.397 e. The zero-order chi connectivity index (χ0) is 12.3. The van der Waals surface area contributed by atoms with Crippen LogP contribution in [0.25, 0.3) is 0 Å². The van der Waals surface area contributed by atoms with Gasteiger partial charge < -0.3 is 15.6 Å². The van der Waals surface area contributed by atoms with Gasteiger partial charge in [0, 0.05) is 20.0 Å². The summed E-state index contributed by atoms with van der Waals surface area (Å²) >= 11 is 0. The smallest absolute Gasteiger partial charge is 0.134 e. The molecule has 0 bridgehead atoms. The summed E-state index contributed by atoms with van der Waals surface area (Å²) in [5, 5.41) is 11.1. The van der Waals surface area contributed by atoms with Crippen molar-refractivity contribution in [2.24, 2.45) is 7.05 Å². The van der Waals surface area contributed by atoms with Crippen LogP contribution in [0.5, 0.6) is 0 Å². The molecule has 0 aliphatic carbocycles. The lowest BCUT2D eigenvalue weighted by atomic mass is 10.2. The van der Waals surface area contributed by atoms with Crippen molar-refractivity contribution >= 4 is 11.5 Å². The molecule has 6 heteroatoms. The van der Waals surface area contributed by atoms with E-state index in [1.54, 1.807) is 12.5 Å². The predicted molar refractivity (Wildman–Crippen MR) is 66.6 cm³/mol. The quantitative estimate of drug-likeness (QED) is 0.813. The van der Waals surface area contributed by atoms with Crippen LogP contribution in [0.4, 0.5) is 11.5 Å². The van der Waals surface area contributed by atoms with Crippen molar-refractivity contribution in [3.8, 4) is 0 Å². The summed E-state index contributed by atoms with van der Waals surface area (Å²) < 4.78 is 1.91. The maximum Gasteiger partial charge on any atom is 0.134 e. The number of nitrogens with zero attached hydrogens (tertiary/aromatic N) is 4. The van der Waals surface area contributed by atoms with Gasteiger partial charge in [0.15, 0.2) is 0 Å². The summed E-state index contributed by atoms with van der Waals surface area (Å²) in [4.78, 5) is 4.24. The first kappa shape index (κ1) is 11.4. The van der Waals surface area contributed by atoms with Crippen molar-refractivity contribution in [3.63, 3.8) is 0 Å². The summed E-state index contributed by atoms with van der Waals surface area (Å²) in [5.41, 5.74) is 7.37. The van der Waals surface area contributed by atoms with Gasteiger partial charge in [-0.2, -0.15) is 0 Å². The number of pyridine rings is 1. The summed E-state index contributed by atoms with van der Waals surface area (Å²) in [7, 11) is 1.93. The van der Waals surface area contributed by atoms with E-state index in [9.17, 15) is 0 Å². The fourth-order valence-electron chi connectivity index (χ4n) is 1.61. The van der Waals surface area contributed by atoms with E-state index in [1.165, 1.54) is 0 Å². The van der Waals surface area contributed by atoms with Gasteiger partial charge in [0.05, 0.1) is 11.9 Å². The van der Waals surface area contributed by atoms with E-state index in [1.807, 2.05) is 24.6 Å². The Morgan fingerprint density at radius 3 is 2.94 bits per heavy atom. The monoisotopic (exact) mass is 232 g/mol. The van der Waals surface area contributed by atoms with Gasteiger partial charge in [0.2, 0.25) is 0 Å². The van der Waals surface area contributed by atoms with Crippen LogP contribution in [-0.4, -0.2) is 26.3 Å². The largest absolute Gasteiger partial charge is 0.397 e. The summed E-state index contributed by atoms with van der Waals surface area (Å²) in [5.74, 6) is 1.81. The minimum atomic E-state index is 0.682. The highest BCUT2D eigenvalue weighted by molar-refractivity contribution is 5.50. The molecule has 0 fully saturated rings. The Labute approximate surface area is 99.9 Å². The molecule has 0 aromatic carbocycles. The number of aryl methyl sites for hydroxylation is 2. The van der Waals surface area contributed by atoms with Gasteiger partial charge in [-0.1, -0.05) is 0 Å².